The van der Waals surface area contributed by atoms with Crippen LogP contribution in [0.3, 0.4) is 0 Å². The quantitative estimate of drug-likeness (QED) is 0.551. The van der Waals surface area contributed by atoms with Gasteiger partial charge in [-0.05, 0) is 12.5 Å². The number of carbonyl (C=O) groups is 2. The zero-order valence-electron chi connectivity index (χ0n) is 11.9. The van der Waals surface area contributed by atoms with Crippen LogP contribution in [-0.2, 0) is 9.59 Å². The molecule has 0 aromatic heterocycles. The average molecular weight is 330 g/mol. The first kappa shape index (κ1) is 17.7. The van der Waals surface area contributed by atoms with E-state index in [1.54, 1.807) is 0 Å². The molecule has 0 aliphatic heterocycles. The molecule has 0 aliphatic carbocycles. The molecule has 0 spiro atoms. The maximum atomic E-state index is 11.5. The van der Waals surface area contributed by atoms with Crippen LogP contribution in [-0.4, -0.2) is 36.4 Å². The van der Waals surface area contributed by atoms with Gasteiger partial charge in [0.1, 0.15) is 5.75 Å². The van der Waals surface area contributed by atoms with Crippen LogP contribution >= 0.6 is 11.6 Å². The van der Waals surface area contributed by atoms with Crippen LogP contribution in [0.5, 0.6) is 5.75 Å². The van der Waals surface area contributed by atoms with E-state index in [1.165, 1.54) is 12.1 Å². The lowest BCUT2D eigenvalue weighted by Crippen LogP contribution is -2.39. The fraction of sp³-hybridized carbons (Fsp3) is 0.385. The highest BCUT2D eigenvalue weighted by molar-refractivity contribution is 6.32. The van der Waals surface area contributed by atoms with Gasteiger partial charge in [-0.3, -0.25) is 19.7 Å². The van der Waals surface area contributed by atoms with Crippen molar-refractivity contribution in [3.63, 3.8) is 0 Å². The van der Waals surface area contributed by atoms with E-state index in [1.807, 2.05) is 6.92 Å². The molecule has 0 saturated heterocycles. The first-order valence-electron chi connectivity index (χ1n) is 6.54. The van der Waals surface area contributed by atoms with Gasteiger partial charge in [-0.15, -0.1) is 0 Å². The van der Waals surface area contributed by atoms with Gasteiger partial charge in [0.25, 0.3) is 11.6 Å². The Kier molecular flexibility index (Phi) is 7.11. The molecule has 0 heterocycles. The summed E-state index contributed by atoms with van der Waals surface area (Å²) in [5, 5.41) is 15.6. The number of halogens is 1. The highest BCUT2D eigenvalue weighted by Crippen LogP contribution is 2.28. The second-order valence-electron chi connectivity index (χ2n) is 4.29. The molecule has 0 saturated carbocycles. The fourth-order valence-corrected chi connectivity index (χ4v) is 1.65. The van der Waals surface area contributed by atoms with E-state index in [2.05, 4.69) is 10.6 Å². The standard InChI is InChI=1S/C13H16ClN3O5/c1-2-5-15-12(18)7-16-13(19)8-22-11-4-3-9(17(20)21)6-10(11)14/h3-4,6H,2,5,7-8H2,1H3,(H,15,18)(H,16,19). The van der Waals surface area contributed by atoms with Crippen molar-refractivity contribution in [3.05, 3.63) is 33.3 Å². The summed E-state index contributed by atoms with van der Waals surface area (Å²) < 4.78 is 5.15. The van der Waals surface area contributed by atoms with Crippen molar-refractivity contribution in [2.45, 2.75) is 13.3 Å². The molecule has 9 heteroatoms. The predicted molar refractivity (Wildman–Crippen MR) is 79.9 cm³/mol. The van der Waals surface area contributed by atoms with Crippen LogP contribution < -0.4 is 15.4 Å². The predicted octanol–water partition coefficient (Wildman–Crippen LogP) is 1.27. The molecule has 1 aromatic rings. The van der Waals surface area contributed by atoms with E-state index in [9.17, 15) is 19.7 Å². The van der Waals surface area contributed by atoms with Crippen molar-refractivity contribution in [2.24, 2.45) is 0 Å². The first-order valence-corrected chi connectivity index (χ1v) is 6.92. The van der Waals surface area contributed by atoms with Crippen molar-refractivity contribution in [2.75, 3.05) is 19.7 Å². The molecular weight excluding hydrogens is 314 g/mol. The molecule has 2 N–H and O–H groups in total. The maximum absolute atomic E-state index is 11.5. The second-order valence-corrected chi connectivity index (χ2v) is 4.69. The number of rotatable bonds is 8. The molecule has 120 valence electrons. The van der Waals surface area contributed by atoms with Crippen molar-refractivity contribution >= 4 is 29.1 Å². The van der Waals surface area contributed by atoms with E-state index in [-0.39, 0.29) is 35.5 Å². The van der Waals surface area contributed by atoms with Crippen molar-refractivity contribution < 1.29 is 19.2 Å². The molecule has 1 aromatic carbocycles. The Morgan fingerprint density at radius 2 is 2.05 bits per heavy atom. The largest absolute Gasteiger partial charge is 0.482 e. The zero-order chi connectivity index (χ0) is 16.5. The lowest BCUT2D eigenvalue weighted by atomic mass is 10.3. The average Bonchev–Trinajstić information content (AvgIpc) is 2.49. The minimum Gasteiger partial charge on any atom is -0.482 e. The minimum atomic E-state index is -0.586. The lowest BCUT2D eigenvalue weighted by Gasteiger charge is -2.08. The van der Waals surface area contributed by atoms with E-state index >= 15 is 0 Å². The third kappa shape index (κ3) is 5.96. The maximum Gasteiger partial charge on any atom is 0.271 e. The first-order chi connectivity index (χ1) is 10.4. The number of nitro groups is 1. The van der Waals surface area contributed by atoms with Gasteiger partial charge in [-0.25, -0.2) is 0 Å². The number of non-ortho nitro benzene ring substituents is 1. The molecule has 2 amide bonds. The van der Waals surface area contributed by atoms with Crippen LogP contribution in [0.15, 0.2) is 18.2 Å². The van der Waals surface area contributed by atoms with Gasteiger partial charge in [-0.2, -0.15) is 0 Å². The van der Waals surface area contributed by atoms with E-state index in [0.29, 0.717) is 6.54 Å². The summed E-state index contributed by atoms with van der Waals surface area (Å²) in [6, 6.07) is 3.66. The van der Waals surface area contributed by atoms with Crippen molar-refractivity contribution in [1.82, 2.24) is 10.6 Å². The van der Waals surface area contributed by atoms with Gasteiger partial charge in [0, 0.05) is 18.7 Å². The lowest BCUT2D eigenvalue weighted by molar-refractivity contribution is -0.384. The van der Waals surface area contributed by atoms with Gasteiger partial charge in [-0.1, -0.05) is 18.5 Å². The summed E-state index contributed by atoms with van der Waals surface area (Å²) in [7, 11) is 0. The SMILES string of the molecule is CCCNC(=O)CNC(=O)COc1ccc([N+](=O)[O-])cc1Cl. The Morgan fingerprint density at radius 3 is 2.64 bits per heavy atom. The van der Waals surface area contributed by atoms with Gasteiger partial charge >= 0.3 is 0 Å². The Bertz CT molecular complexity index is 565. The topological polar surface area (TPSA) is 111 Å². The van der Waals surface area contributed by atoms with Crippen LogP contribution in [0.4, 0.5) is 5.69 Å². The van der Waals surface area contributed by atoms with Crippen LogP contribution in [0.1, 0.15) is 13.3 Å². The summed E-state index contributed by atoms with van der Waals surface area (Å²) in [6.45, 7) is 1.97. The molecule has 0 fully saturated rings. The number of hydrogen-bond acceptors (Lipinski definition) is 5. The van der Waals surface area contributed by atoms with Gasteiger partial charge in [0.05, 0.1) is 16.5 Å². The smallest absolute Gasteiger partial charge is 0.271 e. The van der Waals surface area contributed by atoms with Gasteiger partial charge in [0.15, 0.2) is 6.61 Å². The monoisotopic (exact) mass is 329 g/mol. The normalized spacial score (nSPS) is 9.91. The Labute approximate surface area is 131 Å². The third-order valence-corrected chi connectivity index (χ3v) is 2.80. The second kappa shape index (κ2) is 8.83. The highest BCUT2D eigenvalue weighted by Gasteiger charge is 2.12. The Balaban J connectivity index is 2.41. The number of ether oxygens (including phenoxy) is 1. The van der Waals surface area contributed by atoms with Crippen LogP contribution in [0.25, 0.3) is 0 Å². The summed E-state index contributed by atoms with van der Waals surface area (Å²) in [6.07, 6.45) is 0.807. The minimum absolute atomic E-state index is 0.0303. The summed E-state index contributed by atoms with van der Waals surface area (Å²) in [5.74, 6) is -0.637. The van der Waals surface area contributed by atoms with Crippen molar-refractivity contribution in [3.8, 4) is 5.75 Å². The Hall–Kier alpha value is -2.35. The van der Waals surface area contributed by atoms with Crippen molar-refractivity contribution in [1.29, 1.82) is 0 Å². The summed E-state index contributed by atoms with van der Waals surface area (Å²) in [5.41, 5.74) is -0.172. The number of benzene rings is 1. The molecule has 8 nitrogen and oxygen atoms in total. The summed E-state index contributed by atoms with van der Waals surface area (Å²) >= 11 is 5.82. The zero-order valence-corrected chi connectivity index (χ0v) is 12.7. The number of nitro benzene ring substituents is 1. The molecule has 0 atom stereocenters. The number of amides is 2. The van der Waals surface area contributed by atoms with Gasteiger partial charge in [0.2, 0.25) is 5.91 Å². The number of nitrogens with one attached hydrogen (secondary N) is 2. The third-order valence-electron chi connectivity index (χ3n) is 2.50. The van der Waals surface area contributed by atoms with Gasteiger partial charge < -0.3 is 15.4 Å². The number of carbonyl (C=O) groups excluding carboxylic acids is 2. The molecule has 0 bridgehead atoms. The van der Waals surface area contributed by atoms with E-state index in [4.69, 9.17) is 16.3 Å². The molecule has 1 rings (SSSR count). The van der Waals surface area contributed by atoms with Crippen LogP contribution in [0, 0.1) is 10.1 Å². The number of hydrogen-bond donors (Lipinski definition) is 2. The summed E-state index contributed by atoms with van der Waals surface area (Å²) in [4.78, 5) is 32.8. The van der Waals surface area contributed by atoms with Crippen LogP contribution in [0.2, 0.25) is 5.02 Å². The molecule has 0 unspecified atom stereocenters. The Morgan fingerprint density at radius 1 is 1.32 bits per heavy atom. The fourth-order valence-electron chi connectivity index (χ4n) is 1.42. The van der Waals surface area contributed by atoms with E-state index < -0.39 is 10.8 Å². The number of nitrogens with zero attached hydrogens (tertiary/aromatic N) is 1. The molecular formula is C13H16ClN3O5. The highest BCUT2D eigenvalue weighted by atomic mass is 35.5. The molecule has 22 heavy (non-hydrogen) atoms. The molecule has 0 aliphatic rings. The van der Waals surface area contributed by atoms with E-state index in [0.717, 1.165) is 12.5 Å². The molecule has 0 radical (unpaired) electrons.